The predicted octanol–water partition coefficient (Wildman–Crippen LogP) is 2.80. The molecule has 2 aliphatic rings. The van der Waals surface area contributed by atoms with Gasteiger partial charge < -0.3 is 4.90 Å². The van der Waals surface area contributed by atoms with E-state index in [9.17, 15) is 9.18 Å². The van der Waals surface area contributed by atoms with Crippen LogP contribution in [0.5, 0.6) is 0 Å². The van der Waals surface area contributed by atoms with Crippen LogP contribution in [0.1, 0.15) is 28.4 Å². The molecule has 142 valence electrons. The molecule has 1 amide bonds. The molecule has 0 spiro atoms. The lowest BCUT2D eigenvalue weighted by molar-refractivity contribution is 0.0545. The topological polar surface area (TPSA) is 47.6 Å². The van der Waals surface area contributed by atoms with Crippen molar-refractivity contribution in [3.63, 3.8) is 0 Å². The van der Waals surface area contributed by atoms with Crippen molar-refractivity contribution in [2.24, 2.45) is 0 Å². The number of nitrogens with zero attached hydrogens (tertiary/aromatic N) is 2. The number of piperazine rings is 1. The third kappa shape index (κ3) is 3.99. The number of rotatable bonds is 3. The molecule has 2 aromatic rings. The number of halogens is 2. The van der Waals surface area contributed by atoms with E-state index in [4.69, 9.17) is 11.6 Å². The van der Waals surface area contributed by atoms with Crippen LogP contribution in [0, 0.1) is 5.82 Å². The maximum atomic E-state index is 13.3. The van der Waals surface area contributed by atoms with Gasteiger partial charge >= 0.3 is 0 Å². The number of carbonyl (C=O) groups excluding carboxylic acids is 1. The van der Waals surface area contributed by atoms with E-state index in [0.717, 1.165) is 19.5 Å². The van der Waals surface area contributed by atoms with Gasteiger partial charge in [-0.1, -0.05) is 41.9 Å². The maximum absolute atomic E-state index is 13.3. The Morgan fingerprint density at radius 3 is 2.48 bits per heavy atom. The Labute approximate surface area is 163 Å². The zero-order chi connectivity index (χ0) is 18.8. The number of hydrazine groups is 1. The van der Waals surface area contributed by atoms with Gasteiger partial charge in [0, 0.05) is 37.8 Å². The summed E-state index contributed by atoms with van der Waals surface area (Å²) in [4.78, 5) is 16.8. The summed E-state index contributed by atoms with van der Waals surface area (Å²) in [6, 6.07) is 14.8. The Kier molecular flexibility index (Phi) is 5.41. The zero-order valence-corrected chi connectivity index (χ0v) is 15.6. The number of benzene rings is 2. The van der Waals surface area contributed by atoms with Crippen LogP contribution in [0.2, 0.25) is 5.02 Å². The highest BCUT2D eigenvalue weighted by Crippen LogP contribution is 2.24. The van der Waals surface area contributed by atoms with Crippen LogP contribution in [-0.2, 0) is 0 Å². The largest absolute Gasteiger partial charge is 0.336 e. The molecule has 2 saturated heterocycles. The molecule has 2 aromatic carbocycles. The summed E-state index contributed by atoms with van der Waals surface area (Å²) in [7, 11) is 0. The normalized spacial score (nSPS) is 23.6. The van der Waals surface area contributed by atoms with Crippen LogP contribution < -0.4 is 10.9 Å². The van der Waals surface area contributed by atoms with Crippen molar-refractivity contribution in [2.45, 2.75) is 18.6 Å². The Hall–Kier alpha value is -1.99. The lowest BCUT2D eigenvalue weighted by atomic mass is 10.0. The highest BCUT2D eigenvalue weighted by atomic mass is 35.5. The van der Waals surface area contributed by atoms with Gasteiger partial charge in [-0.15, -0.1) is 0 Å². The van der Waals surface area contributed by atoms with Gasteiger partial charge in [0.05, 0.1) is 11.2 Å². The summed E-state index contributed by atoms with van der Waals surface area (Å²) in [5, 5.41) is -0.0207. The van der Waals surface area contributed by atoms with E-state index in [1.54, 1.807) is 4.90 Å². The third-order valence-electron chi connectivity index (χ3n) is 5.29. The minimum atomic E-state index is -0.509. The van der Waals surface area contributed by atoms with Gasteiger partial charge in [-0.3, -0.25) is 9.69 Å². The molecule has 2 fully saturated rings. The maximum Gasteiger partial charge on any atom is 0.253 e. The van der Waals surface area contributed by atoms with Crippen molar-refractivity contribution in [3.8, 4) is 0 Å². The molecule has 0 aromatic heterocycles. The van der Waals surface area contributed by atoms with Gasteiger partial charge in [0.2, 0.25) is 0 Å². The first-order valence-corrected chi connectivity index (χ1v) is 9.54. The monoisotopic (exact) mass is 388 g/mol. The quantitative estimate of drug-likeness (QED) is 0.848. The first-order valence-electron chi connectivity index (χ1n) is 9.16. The smallest absolute Gasteiger partial charge is 0.253 e. The van der Waals surface area contributed by atoms with E-state index in [1.807, 2.05) is 6.07 Å². The van der Waals surface area contributed by atoms with Crippen LogP contribution in [0.15, 0.2) is 48.5 Å². The standard InChI is InChI=1S/C20H22ClFN4O/c21-16-12-15(6-7-17(16)22)20(27)26-10-8-25(9-11-26)19-13-18(23-24-19)14-4-2-1-3-5-14/h1-7,12,18-19,23-24H,8-11,13H2. The predicted molar refractivity (Wildman–Crippen MR) is 103 cm³/mol. The minimum Gasteiger partial charge on any atom is -0.336 e. The third-order valence-corrected chi connectivity index (χ3v) is 5.58. The van der Waals surface area contributed by atoms with Gasteiger partial charge in [0.25, 0.3) is 5.91 Å². The molecule has 0 bridgehead atoms. The minimum absolute atomic E-state index is 0.0207. The molecule has 2 N–H and O–H groups in total. The van der Waals surface area contributed by atoms with Gasteiger partial charge in [0.15, 0.2) is 0 Å². The van der Waals surface area contributed by atoms with Gasteiger partial charge in [-0.2, -0.15) is 0 Å². The average Bonchev–Trinajstić information content (AvgIpc) is 3.21. The summed E-state index contributed by atoms with van der Waals surface area (Å²) >= 11 is 5.80. The van der Waals surface area contributed by atoms with E-state index in [1.165, 1.54) is 23.8 Å². The molecule has 2 aliphatic heterocycles. The Bertz CT molecular complexity index is 811. The lowest BCUT2D eigenvalue weighted by Gasteiger charge is -2.37. The van der Waals surface area contributed by atoms with E-state index in [2.05, 4.69) is 40.0 Å². The molecule has 4 rings (SSSR count). The second kappa shape index (κ2) is 7.94. The molecule has 2 heterocycles. The highest BCUT2D eigenvalue weighted by Gasteiger charge is 2.32. The molecule has 27 heavy (non-hydrogen) atoms. The van der Waals surface area contributed by atoms with Crippen molar-refractivity contribution >= 4 is 17.5 Å². The molecule has 2 atom stereocenters. The molecule has 0 radical (unpaired) electrons. The number of nitrogens with one attached hydrogen (secondary N) is 2. The Balaban J connectivity index is 1.32. The molecule has 0 aliphatic carbocycles. The van der Waals surface area contributed by atoms with Crippen LogP contribution >= 0.6 is 11.6 Å². The molecular formula is C20H22ClFN4O. The molecule has 5 nitrogen and oxygen atoms in total. The zero-order valence-electron chi connectivity index (χ0n) is 14.9. The summed E-state index contributed by atoms with van der Waals surface area (Å²) in [5.41, 5.74) is 8.45. The number of amides is 1. The van der Waals surface area contributed by atoms with Crippen molar-refractivity contribution in [2.75, 3.05) is 26.2 Å². The lowest BCUT2D eigenvalue weighted by Crippen LogP contribution is -2.55. The fourth-order valence-corrected chi connectivity index (χ4v) is 3.91. The summed E-state index contributed by atoms with van der Waals surface area (Å²) in [6.45, 7) is 2.87. The van der Waals surface area contributed by atoms with E-state index < -0.39 is 5.82 Å². The van der Waals surface area contributed by atoms with Crippen LogP contribution in [0.25, 0.3) is 0 Å². The fourth-order valence-electron chi connectivity index (χ4n) is 3.73. The Morgan fingerprint density at radius 1 is 1.04 bits per heavy atom. The van der Waals surface area contributed by atoms with Gasteiger partial charge in [-0.05, 0) is 30.2 Å². The van der Waals surface area contributed by atoms with Crippen molar-refractivity contribution < 1.29 is 9.18 Å². The van der Waals surface area contributed by atoms with E-state index in [-0.39, 0.29) is 23.1 Å². The van der Waals surface area contributed by atoms with Crippen LogP contribution in [0.3, 0.4) is 0 Å². The number of hydrogen-bond acceptors (Lipinski definition) is 4. The summed E-state index contributed by atoms with van der Waals surface area (Å²) in [5.74, 6) is -0.609. The second-order valence-electron chi connectivity index (χ2n) is 6.96. The number of hydrogen-bond donors (Lipinski definition) is 2. The van der Waals surface area contributed by atoms with Crippen molar-refractivity contribution in [3.05, 3.63) is 70.5 Å². The first-order chi connectivity index (χ1) is 13.1. The van der Waals surface area contributed by atoms with E-state index >= 15 is 0 Å². The SMILES string of the molecule is O=C(c1ccc(F)c(Cl)c1)N1CCN(C2CC(c3ccccc3)NN2)CC1. The molecule has 7 heteroatoms. The van der Waals surface area contributed by atoms with Crippen LogP contribution in [0.4, 0.5) is 4.39 Å². The number of carbonyl (C=O) groups is 1. The summed E-state index contributed by atoms with van der Waals surface area (Å²) < 4.78 is 13.3. The molecular weight excluding hydrogens is 367 g/mol. The summed E-state index contributed by atoms with van der Waals surface area (Å²) in [6.07, 6.45) is 1.22. The first kappa shape index (κ1) is 18.4. The fraction of sp³-hybridized carbons (Fsp3) is 0.350. The second-order valence-corrected chi connectivity index (χ2v) is 7.37. The Morgan fingerprint density at radius 2 is 1.78 bits per heavy atom. The van der Waals surface area contributed by atoms with Gasteiger partial charge in [0.1, 0.15) is 5.82 Å². The van der Waals surface area contributed by atoms with Crippen molar-refractivity contribution in [1.29, 1.82) is 0 Å². The molecule has 0 saturated carbocycles. The van der Waals surface area contributed by atoms with Crippen LogP contribution in [-0.4, -0.2) is 48.1 Å². The highest BCUT2D eigenvalue weighted by molar-refractivity contribution is 6.31. The van der Waals surface area contributed by atoms with E-state index in [0.29, 0.717) is 18.7 Å². The van der Waals surface area contributed by atoms with Gasteiger partial charge in [-0.25, -0.2) is 15.2 Å². The van der Waals surface area contributed by atoms with Crippen molar-refractivity contribution in [1.82, 2.24) is 20.7 Å². The molecule has 2 unspecified atom stereocenters. The average molecular weight is 389 g/mol.